The number of aliphatic hydroxyl groups is 2. The summed E-state index contributed by atoms with van der Waals surface area (Å²) in [6.45, 7) is 3.00. The topological polar surface area (TPSA) is 104 Å². The van der Waals surface area contributed by atoms with Gasteiger partial charge < -0.3 is 25.0 Å². The van der Waals surface area contributed by atoms with Gasteiger partial charge in [-0.1, -0.05) is 103 Å². The van der Waals surface area contributed by atoms with E-state index in [1.54, 1.807) is 24.5 Å². The Morgan fingerprint density at radius 1 is 0.898 bits per heavy atom. The minimum atomic E-state index is -0.636. The molecule has 8 heteroatoms. The zero-order valence-electron chi connectivity index (χ0n) is 27.9. The van der Waals surface area contributed by atoms with E-state index < -0.39 is 12.4 Å². The number of hydrogen-bond acceptors (Lipinski definition) is 7. The molecule has 1 aromatic heterocycles. The second kappa shape index (κ2) is 16.1. The molecule has 1 fully saturated rings. The van der Waals surface area contributed by atoms with Gasteiger partial charge in [0.15, 0.2) is 6.29 Å². The lowest BCUT2D eigenvalue weighted by Gasteiger charge is -2.39. The predicted octanol–water partition coefficient (Wildman–Crippen LogP) is 6.77. The quantitative estimate of drug-likeness (QED) is 0.136. The fourth-order valence-electron chi connectivity index (χ4n) is 6.24. The van der Waals surface area contributed by atoms with Crippen LogP contribution in [0, 0.1) is 0 Å². The highest BCUT2D eigenvalue weighted by molar-refractivity contribution is 5.93. The molecule has 0 unspecified atom stereocenters. The third-order valence-electron chi connectivity index (χ3n) is 9.27. The molecule has 4 aromatic carbocycles. The van der Waals surface area contributed by atoms with Crippen molar-refractivity contribution in [2.75, 3.05) is 13.6 Å². The average molecular weight is 658 g/mol. The normalized spacial score (nSPS) is 18.9. The molecule has 5 atom stereocenters. The number of aliphatic hydroxyl groups excluding tert-OH is 2. The molecule has 0 aliphatic carbocycles. The van der Waals surface area contributed by atoms with Gasteiger partial charge >= 0.3 is 0 Å². The van der Waals surface area contributed by atoms with E-state index in [-0.39, 0.29) is 30.8 Å². The number of ether oxygens (including phenoxy) is 2. The number of hydrogen-bond donors (Lipinski definition) is 3. The number of pyridine rings is 1. The van der Waals surface area contributed by atoms with Crippen LogP contribution in [0.2, 0.25) is 0 Å². The largest absolute Gasteiger partial charge is 0.392 e. The maximum Gasteiger partial charge on any atom is 0.253 e. The smallest absolute Gasteiger partial charge is 0.253 e. The molecule has 1 saturated heterocycles. The lowest BCUT2D eigenvalue weighted by Crippen LogP contribution is -2.43. The van der Waals surface area contributed by atoms with E-state index in [0.717, 1.165) is 38.9 Å². The van der Waals surface area contributed by atoms with Gasteiger partial charge in [-0.05, 0) is 59.5 Å². The Balaban J connectivity index is 1.19. The number of carbonyl (C=O) groups excluding carboxylic acids is 1. The van der Waals surface area contributed by atoms with Crippen LogP contribution in [-0.4, -0.2) is 51.7 Å². The summed E-state index contributed by atoms with van der Waals surface area (Å²) in [4.78, 5) is 18.9. The minimum Gasteiger partial charge on any atom is -0.392 e. The van der Waals surface area contributed by atoms with Gasteiger partial charge in [-0.25, -0.2) is 0 Å². The second-order valence-corrected chi connectivity index (χ2v) is 12.6. The number of nitrogens with zero attached hydrogens (tertiary/aromatic N) is 2. The molecule has 5 aromatic rings. The van der Waals surface area contributed by atoms with Crippen molar-refractivity contribution in [1.29, 1.82) is 0 Å². The maximum atomic E-state index is 12.7. The number of rotatable bonds is 12. The molecule has 0 radical (unpaired) electrons. The van der Waals surface area contributed by atoms with E-state index in [9.17, 15) is 15.0 Å². The van der Waals surface area contributed by atoms with E-state index in [4.69, 9.17) is 9.47 Å². The van der Waals surface area contributed by atoms with Crippen molar-refractivity contribution < 1.29 is 24.5 Å². The Kier molecular flexibility index (Phi) is 11.3. The SMILES string of the molecule is C[C@@H]([C@H](O)c1ccccc1)N(C)C[C@@H]1C[C@H](c2ccc(CO)cc2)O[C@H](c2ccc(-c3ccccc3CNC(=O)c3cccnc3)cc2)O1. The van der Waals surface area contributed by atoms with Gasteiger partial charge in [0.25, 0.3) is 5.91 Å². The summed E-state index contributed by atoms with van der Waals surface area (Å²) in [5.41, 5.74) is 7.21. The monoisotopic (exact) mass is 657 g/mol. The van der Waals surface area contributed by atoms with Gasteiger partial charge in [0.05, 0.1) is 30.5 Å². The first-order valence-electron chi connectivity index (χ1n) is 16.7. The average Bonchev–Trinajstić information content (AvgIpc) is 3.17. The standard InChI is InChI=1S/C41H43N3O5/c1-28(39(46)32-9-4-3-5-10-32)44(2)26-36-23-38(31-16-14-29(27-45)15-17-31)49-41(48-36)33-20-18-30(19-21-33)37-13-7-6-11-34(37)25-43-40(47)35-12-8-22-42-24-35/h3-22,24,28,36,38-39,41,45-46H,23,25-27H2,1-2H3,(H,43,47)/t28-,36-,38+,39-,41+/m0/s1. The van der Waals surface area contributed by atoms with Gasteiger partial charge in [-0.2, -0.15) is 0 Å². The van der Waals surface area contributed by atoms with Crippen molar-refractivity contribution in [3.8, 4) is 11.1 Å². The Hall–Kier alpha value is -4.70. The molecule has 1 amide bonds. The number of carbonyl (C=O) groups is 1. The number of amides is 1. The highest BCUT2D eigenvalue weighted by Gasteiger charge is 2.34. The molecule has 0 spiro atoms. The highest BCUT2D eigenvalue weighted by atomic mass is 16.7. The highest BCUT2D eigenvalue weighted by Crippen LogP contribution is 2.39. The van der Waals surface area contributed by atoms with Gasteiger partial charge in [0.2, 0.25) is 0 Å². The lowest BCUT2D eigenvalue weighted by molar-refractivity contribution is -0.253. The van der Waals surface area contributed by atoms with Crippen molar-refractivity contribution in [1.82, 2.24) is 15.2 Å². The fraction of sp³-hybridized carbons (Fsp3) is 0.268. The molecule has 1 aliphatic rings. The van der Waals surface area contributed by atoms with E-state index >= 15 is 0 Å². The number of nitrogens with one attached hydrogen (secondary N) is 1. The molecular weight excluding hydrogens is 614 g/mol. The van der Waals surface area contributed by atoms with E-state index in [0.29, 0.717) is 25.1 Å². The van der Waals surface area contributed by atoms with Gasteiger partial charge in [-0.3, -0.25) is 14.7 Å². The van der Waals surface area contributed by atoms with Crippen LogP contribution in [-0.2, 0) is 22.6 Å². The lowest BCUT2D eigenvalue weighted by atomic mass is 9.97. The summed E-state index contributed by atoms with van der Waals surface area (Å²) in [6, 6.07) is 37.2. The van der Waals surface area contributed by atoms with E-state index in [1.165, 1.54) is 0 Å². The first-order chi connectivity index (χ1) is 23.9. The first-order valence-corrected chi connectivity index (χ1v) is 16.7. The van der Waals surface area contributed by atoms with Crippen molar-refractivity contribution in [2.24, 2.45) is 0 Å². The Bertz CT molecular complexity index is 1780. The van der Waals surface area contributed by atoms with E-state index in [1.807, 2.05) is 98.9 Å². The molecular formula is C41H43N3O5. The van der Waals surface area contributed by atoms with Crippen LogP contribution in [0.1, 0.15) is 70.0 Å². The van der Waals surface area contributed by atoms with Crippen LogP contribution in [0.15, 0.2) is 128 Å². The molecule has 8 nitrogen and oxygen atoms in total. The summed E-state index contributed by atoms with van der Waals surface area (Å²) in [5.74, 6) is -0.172. The molecule has 49 heavy (non-hydrogen) atoms. The van der Waals surface area contributed by atoms with Crippen molar-refractivity contribution in [3.05, 3.63) is 161 Å². The van der Waals surface area contributed by atoms with Crippen molar-refractivity contribution in [3.63, 3.8) is 0 Å². The van der Waals surface area contributed by atoms with Gasteiger partial charge in [0, 0.05) is 43.5 Å². The van der Waals surface area contributed by atoms with Crippen LogP contribution in [0.5, 0.6) is 0 Å². The Morgan fingerprint density at radius 2 is 1.61 bits per heavy atom. The van der Waals surface area contributed by atoms with Crippen LogP contribution in [0.4, 0.5) is 0 Å². The molecule has 2 heterocycles. The number of benzene rings is 4. The van der Waals surface area contributed by atoms with Crippen LogP contribution in [0.25, 0.3) is 11.1 Å². The molecule has 0 saturated carbocycles. The minimum absolute atomic E-state index is 0.0149. The Labute approximate surface area is 288 Å². The summed E-state index contributed by atoms with van der Waals surface area (Å²) in [7, 11) is 2.01. The summed E-state index contributed by atoms with van der Waals surface area (Å²) in [5, 5.41) is 23.7. The maximum absolute atomic E-state index is 12.7. The fourth-order valence-corrected chi connectivity index (χ4v) is 6.24. The van der Waals surface area contributed by atoms with Crippen molar-refractivity contribution in [2.45, 2.75) is 57.1 Å². The predicted molar refractivity (Wildman–Crippen MR) is 189 cm³/mol. The van der Waals surface area contributed by atoms with Crippen LogP contribution in [0.3, 0.4) is 0 Å². The van der Waals surface area contributed by atoms with Gasteiger partial charge in [0.1, 0.15) is 0 Å². The number of aromatic nitrogens is 1. The molecule has 1 aliphatic heterocycles. The summed E-state index contributed by atoms with van der Waals surface area (Å²) in [6.07, 6.45) is 2.22. The third-order valence-corrected chi connectivity index (χ3v) is 9.27. The third kappa shape index (κ3) is 8.48. The van der Waals surface area contributed by atoms with Crippen LogP contribution < -0.4 is 5.32 Å². The summed E-state index contributed by atoms with van der Waals surface area (Å²) < 4.78 is 13.2. The molecule has 0 bridgehead atoms. The Morgan fingerprint density at radius 3 is 2.33 bits per heavy atom. The summed E-state index contributed by atoms with van der Waals surface area (Å²) >= 11 is 0. The van der Waals surface area contributed by atoms with Crippen molar-refractivity contribution >= 4 is 5.91 Å². The van der Waals surface area contributed by atoms with Gasteiger partial charge in [-0.15, -0.1) is 0 Å². The molecule has 252 valence electrons. The molecule has 3 N–H and O–H groups in total. The second-order valence-electron chi connectivity index (χ2n) is 12.6. The zero-order valence-corrected chi connectivity index (χ0v) is 27.9. The zero-order chi connectivity index (χ0) is 34.2. The number of likely N-dealkylation sites (N-methyl/N-ethyl adjacent to an activating group) is 1. The first kappa shape index (κ1) is 34.2. The molecule has 6 rings (SSSR count). The van der Waals surface area contributed by atoms with E-state index in [2.05, 4.69) is 33.4 Å². The van der Waals surface area contributed by atoms with Crippen LogP contribution >= 0.6 is 0 Å².